The first kappa shape index (κ1) is 23.7. The highest BCUT2D eigenvalue weighted by Crippen LogP contribution is 2.38. The molecule has 1 amide bonds. The summed E-state index contributed by atoms with van der Waals surface area (Å²) in [6, 6.07) is 9.21. The molecule has 0 unspecified atom stereocenters. The van der Waals surface area contributed by atoms with Crippen molar-refractivity contribution in [2.75, 3.05) is 13.2 Å². The van der Waals surface area contributed by atoms with E-state index in [1.807, 2.05) is 38.1 Å². The summed E-state index contributed by atoms with van der Waals surface area (Å²) in [6.45, 7) is 5.19. The maximum Gasteiger partial charge on any atom is 0.266 e. The number of halogens is 3. The average molecular weight is 594 g/mol. The lowest BCUT2D eigenvalue weighted by Gasteiger charge is -2.15. The first-order valence-corrected chi connectivity index (χ1v) is 12.2. The number of nitrogens with zero attached hydrogens (tertiary/aromatic N) is 1. The number of ether oxygens (including phenoxy) is 2. The van der Waals surface area contributed by atoms with Crippen LogP contribution in [0, 0.1) is 3.57 Å². The van der Waals surface area contributed by atoms with Gasteiger partial charge in [0.1, 0.15) is 10.9 Å². The summed E-state index contributed by atoms with van der Waals surface area (Å²) in [5.74, 6) is 1.18. The van der Waals surface area contributed by atoms with Gasteiger partial charge in [-0.2, -0.15) is 0 Å². The van der Waals surface area contributed by atoms with E-state index in [4.69, 9.17) is 44.9 Å². The number of thiocarbonyl (C=S) groups is 1. The third kappa shape index (κ3) is 5.43. The van der Waals surface area contributed by atoms with Crippen molar-refractivity contribution in [3.8, 4) is 11.5 Å². The van der Waals surface area contributed by atoms with E-state index in [1.54, 1.807) is 17.0 Å². The van der Waals surface area contributed by atoms with Crippen molar-refractivity contribution in [3.05, 3.63) is 60.0 Å². The average Bonchev–Trinajstić information content (AvgIpc) is 2.96. The summed E-state index contributed by atoms with van der Waals surface area (Å²) >= 11 is 20.9. The number of rotatable bonds is 7. The van der Waals surface area contributed by atoms with Crippen molar-refractivity contribution >= 4 is 86.1 Å². The zero-order valence-electron chi connectivity index (χ0n) is 16.2. The summed E-state index contributed by atoms with van der Waals surface area (Å²) < 4.78 is 13.3. The van der Waals surface area contributed by atoms with Crippen LogP contribution in [0.3, 0.4) is 0 Å². The molecule has 1 aliphatic heterocycles. The molecule has 1 heterocycles. The molecular weight excluding hydrogens is 576 g/mol. The molecule has 0 aromatic heterocycles. The van der Waals surface area contributed by atoms with Crippen LogP contribution in [0.15, 0.2) is 35.2 Å². The number of benzene rings is 2. The maximum atomic E-state index is 12.5. The summed E-state index contributed by atoms with van der Waals surface area (Å²) in [5.41, 5.74) is 1.75. The van der Waals surface area contributed by atoms with Gasteiger partial charge in [0.15, 0.2) is 11.5 Å². The third-order valence-electron chi connectivity index (χ3n) is 4.19. The zero-order valence-corrected chi connectivity index (χ0v) is 21.5. The van der Waals surface area contributed by atoms with E-state index in [0.717, 1.165) is 14.7 Å². The Bertz CT molecular complexity index is 1030. The molecular formula is C21H18Cl2INO3S2. The Labute approximate surface area is 209 Å². The van der Waals surface area contributed by atoms with E-state index < -0.39 is 0 Å². The molecule has 0 spiro atoms. The van der Waals surface area contributed by atoms with Gasteiger partial charge in [0.25, 0.3) is 5.91 Å². The number of hydrogen-bond donors (Lipinski definition) is 0. The molecule has 3 rings (SSSR count). The van der Waals surface area contributed by atoms with Gasteiger partial charge in [-0.1, -0.05) is 53.2 Å². The molecule has 0 N–H and O–H groups in total. The molecule has 0 bridgehead atoms. The highest BCUT2D eigenvalue weighted by molar-refractivity contribution is 14.1. The summed E-state index contributed by atoms with van der Waals surface area (Å²) in [5, 5.41) is 0.986. The van der Waals surface area contributed by atoms with Gasteiger partial charge in [-0.15, -0.1) is 0 Å². The second-order valence-electron chi connectivity index (χ2n) is 6.23. The van der Waals surface area contributed by atoms with Gasteiger partial charge in [-0.05, 0) is 77.9 Å². The minimum Gasteiger partial charge on any atom is -0.490 e. The van der Waals surface area contributed by atoms with Crippen LogP contribution >= 0.6 is 69.8 Å². The Morgan fingerprint density at radius 1 is 1.17 bits per heavy atom. The lowest BCUT2D eigenvalue weighted by atomic mass is 10.1. The van der Waals surface area contributed by atoms with Gasteiger partial charge < -0.3 is 9.47 Å². The normalized spacial score (nSPS) is 15.2. The van der Waals surface area contributed by atoms with E-state index in [2.05, 4.69) is 22.6 Å². The smallest absolute Gasteiger partial charge is 0.266 e. The Hall–Kier alpha value is -1.00. The number of thioether (sulfide) groups is 1. The second-order valence-corrected chi connectivity index (χ2v) is 9.88. The van der Waals surface area contributed by atoms with E-state index >= 15 is 0 Å². The van der Waals surface area contributed by atoms with E-state index in [1.165, 1.54) is 11.8 Å². The Kier molecular flexibility index (Phi) is 8.31. The number of carbonyl (C=O) groups excluding carboxylic acids is 1. The summed E-state index contributed by atoms with van der Waals surface area (Å²) in [7, 11) is 0. The van der Waals surface area contributed by atoms with E-state index in [-0.39, 0.29) is 5.91 Å². The van der Waals surface area contributed by atoms with Crippen molar-refractivity contribution in [3.63, 3.8) is 0 Å². The molecule has 1 fully saturated rings. The van der Waals surface area contributed by atoms with Gasteiger partial charge in [0, 0.05) is 6.54 Å². The minimum absolute atomic E-state index is 0.0691. The molecule has 30 heavy (non-hydrogen) atoms. The highest BCUT2D eigenvalue weighted by atomic mass is 127. The summed E-state index contributed by atoms with van der Waals surface area (Å²) in [6.07, 6.45) is 1.84. The van der Waals surface area contributed by atoms with Gasteiger partial charge >= 0.3 is 0 Å². The standard InChI is InChI=1S/C21H18Cl2INO3S2/c1-3-25-20(26)18(30-21(25)29)10-13-8-16(24)19(17(9-13)27-4-2)28-11-12-5-6-14(22)15(23)7-12/h5-10H,3-4,11H2,1-2H3/b18-10-. The molecule has 0 atom stereocenters. The van der Waals surface area contributed by atoms with Crippen LogP contribution in [0.2, 0.25) is 10.0 Å². The molecule has 0 radical (unpaired) electrons. The summed E-state index contributed by atoms with van der Waals surface area (Å²) in [4.78, 5) is 14.7. The second kappa shape index (κ2) is 10.5. The molecule has 2 aromatic rings. The lowest BCUT2D eigenvalue weighted by Crippen LogP contribution is -2.27. The Morgan fingerprint density at radius 3 is 2.57 bits per heavy atom. The predicted molar refractivity (Wildman–Crippen MR) is 137 cm³/mol. The van der Waals surface area contributed by atoms with Crippen molar-refractivity contribution in [1.29, 1.82) is 0 Å². The molecule has 158 valence electrons. The molecule has 4 nitrogen and oxygen atoms in total. The predicted octanol–water partition coefficient (Wildman–Crippen LogP) is 6.80. The van der Waals surface area contributed by atoms with Crippen LogP contribution in [0.1, 0.15) is 25.0 Å². The fourth-order valence-corrected chi connectivity index (χ4v) is 5.27. The SMILES string of the molecule is CCOc1cc(/C=C2\SC(=S)N(CC)C2=O)cc(I)c1OCc1ccc(Cl)c(Cl)c1. The number of hydrogen-bond acceptors (Lipinski definition) is 5. The van der Waals surface area contributed by atoms with Crippen LogP contribution in [0.4, 0.5) is 0 Å². The highest BCUT2D eigenvalue weighted by Gasteiger charge is 2.30. The number of likely N-dealkylation sites (N-methyl/N-ethyl adjacent to an activating group) is 1. The van der Waals surface area contributed by atoms with Gasteiger partial charge in [0.05, 0.1) is 25.1 Å². The number of amides is 1. The van der Waals surface area contributed by atoms with E-state index in [0.29, 0.717) is 50.5 Å². The molecule has 0 aliphatic carbocycles. The Balaban J connectivity index is 1.87. The van der Waals surface area contributed by atoms with Crippen LogP contribution in [-0.4, -0.2) is 28.3 Å². The molecule has 2 aromatic carbocycles. The fraction of sp³-hybridized carbons (Fsp3) is 0.238. The molecule has 9 heteroatoms. The zero-order chi connectivity index (χ0) is 21.8. The van der Waals surface area contributed by atoms with Crippen molar-refractivity contribution in [1.82, 2.24) is 4.90 Å². The third-order valence-corrected chi connectivity index (χ3v) is 7.10. The number of carbonyl (C=O) groups is 1. The molecule has 1 saturated heterocycles. The minimum atomic E-state index is -0.0691. The monoisotopic (exact) mass is 593 g/mol. The largest absolute Gasteiger partial charge is 0.490 e. The van der Waals surface area contributed by atoms with Crippen molar-refractivity contribution < 1.29 is 14.3 Å². The van der Waals surface area contributed by atoms with Crippen molar-refractivity contribution in [2.45, 2.75) is 20.5 Å². The maximum absolute atomic E-state index is 12.5. The first-order valence-electron chi connectivity index (χ1n) is 9.12. The lowest BCUT2D eigenvalue weighted by molar-refractivity contribution is -0.121. The van der Waals surface area contributed by atoms with Crippen LogP contribution in [-0.2, 0) is 11.4 Å². The van der Waals surface area contributed by atoms with Gasteiger partial charge in [0.2, 0.25) is 0 Å². The molecule has 1 aliphatic rings. The van der Waals surface area contributed by atoms with Gasteiger partial charge in [-0.25, -0.2) is 0 Å². The topological polar surface area (TPSA) is 38.8 Å². The fourth-order valence-electron chi connectivity index (χ4n) is 2.78. The quantitative estimate of drug-likeness (QED) is 0.201. The van der Waals surface area contributed by atoms with Crippen LogP contribution < -0.4 is 9.47 Å². The van der Waals surface area contributed by atoms with Crippen molar-refractivity contribution in [2.24, 2.45) is 0 Å². The van der Waals surface area contributed by atoms with Crippen LogP contribution in [0.25, 0.3) is 6.08 Å². The molecule has 0 saturated carbocycles. The first-order chi connectivity index (χ1) is 14.3. The Morgan fingerprint density at radius 2 is 1.93 bits per heavy atom. The van der Waals surface area contributed by atoms with Gasteiger partial charge in [-0.3, -0.25) is 9.69 Å². The van der Waals surface area contributed by atoms with Crippen LogP contribution in [0.5, 0.6) is 11.5 Å². The van der Waals surface area contributed by atoms with E-state index in [9.17, 15) is 4.79 Å².